The smallest absolute Gasteiger partial charge is 0.345 e. The highest BCUT2D eigenvalue weighted by Gasteiger charge is 2.81. The monoisotopic (exact) mass is 515 g/mol. The van der Waals surface area contributed by atoms with E-state index in [2.05, 4.69) is 37.9 Å². The van der Waals surface area contributed by atoms with Gasteiger partial charge in [-0.05, 0) is 76.0 Å². The van der Waals surface area contributed by atoms with Crippen LogP contribution in [-0.4, -0.2) is 61.2 Å². The van der Waals surface area contributed by atoms with Crippen molar-refractivity contribution in [2.75, 3.05) is 6.61 Å². The van der Waals surface area contributed by atoms with E-state index in [1.165, 1.54) is 0 Å². The van der Waals surface area contributed by atoms with Gasteiger partial charge in [0.15, 0.2) is 0 Å². The average Bonchev–Trinajstić information content (AvgIpc) is 3.46. The highest BCUT2D eigenvalue weighted by Crippen LogP contribution is 2.75. The van der Waals surface area contributed by atoms with Crippen LogP contribution in [0.3, 0.4) is 0 Å². The number of rotatable bonds is 5. The summed E-state index contributed by atoms with van der Waals surface area (Å²) in [6.45, 7) is 10.9. The lowest BCUT2D eigenvalue weighted by Gasteiger charge is -2.70. The summed E-state index contributed by atoms with van der Waals surface area (Å²) in [4.78, 5) is 29.5. The molecule has 9 nitrogen and oxygen atoms in total. The predicted molar refractivity (Wildman–Crippen MR) is 135 cm³/mol. The minimum absolute atomic E-state index is 0.0299. The molecule has 3 saturated carbocycles. The molecule has 2 bridgehead atoms. The molecular weight excluding hydrogens is 474 g/mol. The number of epoxide rings is 1. The minimum Gasteiger partial charge on any atom is -0.390 e. The lowest BCUT2D eigenvalue weighted by molar-refractivity contribution is -0.197. The molecule has 0 radical (unpaired) electrons. The molecule has 37 heavy (non-hydrogen) atoms. The van der Waals surface area contributed by atoms with E-state index in [4.69, 9.17) is 9.47 Å². The Morgan fingerprint density at radius 1 is 1.16 bits per heavy atom. The van der Waals surface area contributed by atoms with Gasteiger partial charge in [-0.15, -0.1) is 0 Å². The Morgan fingerprint density at radius 3 is 2.62 bits per heavy atom. The van der Waals surface area contributed by atoms with Gasteiger partial charge in [-0.3, -0.25) is 4.98 Å². The summed E-state index contributed by atoms with van der Waals surface area (Å²) in [6.07, 6.45) is 8.32. The second kappa shape index (κ2) is 7.09. The lowest BCUT2D eigenvalue weighted by Crippen LogP contribution is -2.78. The quantitative estimate of drug-likeness (QED) is 0.407. The Balaban J connectivity index is 1.34. The highest BCUT2D eigenvalue weighted by atomic mass is 16.6. The number of aromatic nitrogens is 3. The fraction of sp³-hybridized carbons (Fsp3) is 0.857. The molecule has 9 heteroatoms. The van der Waals surface area contributed by atoms with Crippen LogP contribution in [0.1, 0.15) is 73.1 Å². The van der Waals surface area contributed by atoms with Gasteiger partial charge in [0.2, 0.25) is 0 Å². The molecule has 3 N–H and O–H groups in total. The zero-order valence-electron chi connectivity index (χ0n) is 22.6. The molecule has 1 aromatic heterocycles. The topological polar surface area (TPSA) is 122 Å². The van der Waals surface area contributed by atoms with Crippen LogP contribution in [0.4, 0.5) is 0 Å². The maximum atomic E-state index is 13.5. The number of H-pyrrole nitrogens is 1. The standard InChI is InChI=1S/C28H41N3O6/c1-15(36-13-12-24(2,3)35)16-6-7-18-25(16,4)9-8-19-26(5)21-20(37-21)17(32)14-27(26)10-11-28(18,19)31-23(34)29-22(33)30(27)31/h10-11,15-21,32,35H,6-9,12-14H2,1-5H3,(H,29,33,34)/t15-,16+,17+,18-,19+,20-,21-,25+,26-,27+,28-/m0/s1. The number of nitrogens with one attached hydrogen (secondary N) is 1. The molecule has 1 aromatic rings. The van der Waals surface area contributed by atoms with Crippen molar-refractivity contribution < 1.29 is 19.7 Å². The number of fused-ring (bicyclic) bond motifs is 2. The van der Waals surface area contributed by atoms with Crippen molar-refractivity contribution in [2.45, 2.75) is 114 Å². The van der Waals surface area contributed by atoms with Crippen LogP contribution in [0, 0.1) is 28.6 Å². The molecule has 0 aromatic carbocycles. The Bertz CT molecular complexity index is 1290. The molecule has 8 rings (SSSR count). The van der Waals surface area contributed by atoms with Crippen molar-refractivity contribution in [3.8, 4) is 0 Å². The van der Waals surface area contributed by atoms with Crippen LogP contribution >= 0.6 is 0 Å². The lowest BCUT2D eigenvalue weighted by atomic mass is 9.40. The Hall–Kier alpha value is -1.68. The van der Waals surface area contributed by atoms with Gasteiger partial charge in [-0.2, -0.15) is 0 Å². The molecule has 4 fully saturated rings. The first-order valence-electron chi connectivity index (χ1n) is 14.1. The summed E-state index contributed by atoms with van der Waals surface area (Å²) in [6, 6.07) is 0. The first kappa shape index (κ1) is 24.4. The summed E-state index contributed by atoms with van der Waals surface area (Å²) < 4.78 is 15.9. The molecule has 204 valence electrons. The van der Waals surface area contributed by atoms with Crippen molar-refractivity contribution in [1.29, 1.82) is 0 Å². The summed E-state index contributed by atoms with van der Waals surface area (Å²) >= 11 is 0. The van der Waals surface area contributed by atoms with Gasteiger partial charge < -0.3 is 19.7 Å². The molecule has 3 aliphatic heterocycles. The van der Waals surface area contributed by atoms with Crippen LogP contribution < -0.4 is 11.4 Å². The van der Waals surface area contributed by atoms with Crippen LogP contribution in [-0.2, 0) is 20.6 Å². The van der Waals surface area contributed by atoms with Crippen LogP contribution in [0.2, 0.25) is 0 Å². The summed E-state index contributed by atoms with van der Waals surface area (Å²) in [5.74, 6) is 0.611. The van der Waals surface area contributed by atoms with E-state index in [1.54, 1.807) is 23.2 Å². The number of allylic oxidation sites excluding steroid dienone is 2. The Morgan fingerprint density at radius 2 is 1.89 bits per heavy atom. The second-order valence-corrected chi connectivity index (χ2v) is 14.1. The predicted octanol–water partition coefficient (Wildman–Crippen LogP) is 1.86. The fourth-order valence-corrected chi connectivity index (χ4v) is 10.4. The first-order chi connectivity index (χ1) is 17.3. The van der Waals surface area contributed by atoms with E-state index >= 15 is 0 Å². The van der Waals surface area contributed by atoms with Gasteiger partial charge >= 0.3 is 11.4 Å². The molecule has 2 spiro atoms. The molecule has 11 atom stereocenters. The van der Waals surface area contributed by atoms with Gasteiger partial charge in [0, 0.05) is 18.4 Å². The van der Waals surface area contributed by atoms with Gasteiger partial charge in [0.05, 0.1) is 35.0 Å². The fourth-order valence-electron chi connectivity index (χ4n) is 10.4. The number of hydrogen-bond donors (Lipinski definition) is 3. The van der Waals surface area contributed by atoms with Crippen LogP contribution in [0.5, 0.6) is 0 Å². The molecule has 4 aliphatic carbocycles. The maximum absolute atomic E-state index is 13.5. The third kappa shape index (κ3) is 2.70. The van der Waals surface area contributed by atoms with Crippen molar-refractivity contribution >= 4 is 0 Å². The first-order valence-corrected chi connectivity index (χ1v) is 14.1. The van der Waals surface area contributed by atoms with Crippen molar-refractivity contribution in [3.05, 3.63) is 33.1 Å². The number of aliphatic hydroxyl groups excluding tert-OH is 1. The summed E-state index contributed by atoms with van der Waals surface area (Å²) in [5.41, 5.74) is -3.38. The number of hydrogen-bond acceptors (Lipinski definition) is 6. The van der Waals surface area contributed by atoms with Crippen molar-refractivity contribution in [3.63, 3.8) is 0 Å². The Kier molecular flexibility index (Phi) is 4.67. The number of nitrogens with zero attached hydrogens (tertiary/aromatic N) is 2. The molecular formula is C28H41N3O6. The summed E-state index contributed by atoms with van der Waals surface area (Å²) in [7, 11) is 0. The summed E-state index contributed by atoms with van der Waals surface area (Å²) in [5, 5.41) is 21.0. The molecule has 1 saturated heterocycles. The molecule has 4 heterocycles. The molecule has 7 aliphatic rings. The molecule has 0 amide bonds. The van der Waals surface area contributed by atoms with E-state index < -0.39 is 33.9 Å². The normalized spacial score (nSPS) is 49.6. The van der Waals surface area contributed by atoms with E-state index in [0.717, 1.165) is 25.7 Å². The van der Waals surface area contributed by atoms with Crippen LogP contribution in [0.25, 0.3) is 0 Å². The SMILES string of the molecule is C[C@H](OCCC(C)(C)O)[C@H]1CC[C@H]2[C@]1(C)CC[C@H]1[C@]23C=C[C@]2(C[C@@H](O)[C@@H]4O[C@@H]4[C@]12C)n1c(=O)[nH]c(=O)n13. The molecule has 0 unspecified atom stereocenters. The third-order valence-electron chi connectivity index (χ3n) is 12.0. The minimum atomic E-state index is -0.786. The largest absolute Gasteiger partial charge is 0.390 e. The van der Waals surface area contributed by atoms with E-state index in [0.29, 0.717) is 25.4 Å². The van der Waals surface area contributed by atoms with Crippen molar-refractivity contribution in [2.24, 2.45) is 28.6 Å². The van der Waals surface area contributed by atoms with Gasteiger partial charge in [0.25, 0.3) is 0 Å². The number of aromatic amines is 1. The highest BCUT2D eigenvalue weighted by molar-refractivity contribution is 5.39. The Labute approximate surface area is 216 Å². The third-order valence-corrected chi connectivity index (χ3v) is 12.0. The van der Waals surface area contributed by atoms with E-state index in [1.807, 2.05) is 0 Å². The van der Waals surface area contributed by atoms with E-state index in [9.17, 15) is 19.8 Å². The number of aliphatic hydroxyl groups is 2. The zero-order chi connectivity index (χ0) is 26.3. The van der Waals surface area contributed by atoms with Crippen LogP contribution in [0.15, 0.2) is 21.7 Å². The van der Waals surface area contributed by atoms with E-state index in [-0.39, 0.29) is 41.3 Å². The second-order valence-electron chi connectivity index (χ2n) is 14.1. The van der Waals surface area contributed by atoms with Crippen molar-refractivity contribution in [1.82, 2.24) is 14.3 Å². The zero-order valence-corrected chi connectivity index (χ0v) is 22.6. The van der Waals surface area contributed by atoms with Gasteiger partial charge in [-0.25, -0.2) is 19.0 Å². The maximum Gasteiger partial charge on any atom is 0.345 e. The number of ether oxygens (including phenoxy) is 2. The average molecular weight is 516 g/mol. The van der Waals surface area contributed by atoms with Gasteiger partial charge in [0.1, 0.15) is 6.10 Å². The van der Waals surface area contributed by atoms with Gasteiger partial charge in [-0.1, -0.05) is 26.0 Å².